The van der Waals surface area contributed by atoms with Crippen molar-refractivity contribution in [2.75, 3.05) is 12.8 Å². The average Bonchev–Trinajstić information content (AvgIpc) is 2.28. The molecule has 0 amide bonds. The van der Waals surface area contributed by atoms with Crippen LogP contribution >= 0.6 is 0 Å². The van der Waals surface area contributed by atoms with Gasteiger partial charge in [0.2, 0.25) is 0 Å². The molecule has 0 unspecified atom stereocenters. The lowest BCUT2D eigenvalue weighted by Gasteiger charge is -2.13. The fourth-order valence-electron chi connectivity index (χ4n) is 2.39. The molecule has 0 aliphatic carbocycles. The predicted molar refractivity (Wildman–Crippen MR) is 76.1 cm³/mol. The SMILES string of the molecule is COc1c(C)cc(C)cc1Cc1cccc(N)c1. The Morgan fingerprint density at radius 3 is 2.56 bits per heavy atom. The molecule has 2 heteroatoms. The number of nitrogens with two attached hydrogens (primary N) is 1. The van der Waals surface area contributed by atoms with Gasteiger partial charge in [0.1, 0.15) is 5.75 Å². The van der Waals surface area contributed by atoms with Crippen LogP contribution in [0.25, 0.3) is 0 Å². The number of anilines is 1. The van der Waals surface area contributed by atoms with Gasteiger partial charge in [-0.2, -0.15) is 0 Å². The van der Waals surface area contributed by atoms with Crippen molar-refractivity contribution < 1.29 is 4.74 Å². The number of hydrogen-bond acceptors (Lipinski definition) is 2. The van der Waals surface area contributed by atoms with E-state index >= 15 is 0 Å². The van der Waals surface area contributed by atoms with E-state index in [2.05, 4.69) is 32.0 Å². The van der Waals surface area contributed by atoms with Crippen molar-refractivity contribution in [1.82, 2.24) is 0 Å². The van der Waals surface area contributed by atoms with Crippen molar-refractivity contribution in [2.45, 2.75) is 20.3 Å². The highest BCUT2D eigenvalue weighted by atomic mass is 16.5. The number of nitrogen functional groups attached to an aromatic ring is 1. The van der Waals surface area contributed by atoms with Gasteiger partial charge in [0.15, 0.2) is 0 Å². The highest BCUT2D eigenvalue weighted by Crippen LogP contribution is 2.27. The molecule has 18 heavy (non-hydrogen) atoms. The Morgan fingerprint density at radius 1 is 1.11 bits per heavy atom. The first kappa shape index (κ1) is 12.5. The summed E-state index contributed by atoms with van der Waals surface area (Å²) in [6.45, 7) is 4.18. The predicted octanol–water partition coefficient (Wildman–Crippen LogP) is 3.49. The molecule has 0 aromatic heterocycles. The minimum Gasteiger partial charge on any atom is -0.496 e. The Kier molecular flexibility index (Phi) is 3.56. The maximum atomic E-state index is 5.81. The summed E-state index contributed by atoms with van der Waals surface area (Å²) in [5.41, 5.74) is 11.5. The second-order valence-electron chi connectivity index (χ2n) is 4.70. The van der Waals surface area contributed by atoms with Gasteiger partial charge >= 0.3 is 0 Å². The molecule has 94 valence electrons. The maximum absolute atomic E-state index is 5.81. The summed E-state index contributed by atoms with van der Waals surface area (Å²) < 4.78 is 5.50. The van der Waals surface area contributed by atoms with Crippen molar-refractivity contribution in [3.05, 3.63) is 58.7 Å². The molecule has 0 fully saturated rings. The first-order valence-electron chi connectivity index (χ1n) is 6.08. The number of aryl methyl sites for hydroxylation is 2. The van der Waals surface area contributed by atoms with Crippen LogP contribution < -0.4 is 10.5 Å². The van der Waals surface area contributed by atoms with Crippen molar-refractivity contribution in [3.63, 3.8) is 0 Å². The lowest BCUT2D eigenvalue weighted by atomic mass is 9.99. The summed E-state index contributed by atoms with van der Waals surface area (Å²) in [5, 5.41) is 0. The highest BCUT2D eigenvalue weighted by Gasteiger charge is 2.08. The Balaban J connectivity index is 2.39. The normalized spacial score (nSPS) is 10.4. The Bertz CT molecular complexity index is 561. The highest BCUT2D eigenvalue weighted by molar-refractivity contribution is 5.48. The molecule has 0 heterocycles. The summed E-state index contributed by atoms with van der Waals surface area (Å²) in [6.07, 6.45) is 0.844. The van der Waals surface area contributed by atoms with Crippen LogP contribution in [0.4, 0.5) is 5.69 Å². The van der Waals surface area contributed by atoms with Crippen LogP contribution in [0.5, 0.6) is 5.75 Å². The van der Waals surface area contributed by atoms with Crippen molar-refractivity contribution in [2.24, 2.45) is 0 Å². The van der Waals surface area contributed by atoms with Crippen LogP contribution in [0.3, 0.4) is 0 Å². The average molecular weight is 241 g/mol. The number of methoxy groups -OCH3 is 1. The van der Waals surface area contributed by atoms with E-state index < -0.39 is 0 Å². The largest absolute Gasteiger partial charge is 0.496 e. The minimum atomic E-state index is 0.802. The van der Waals surface area contributed by atoms with Gasteiger partial charge in [0.05, 0.1) is 7.11 Å². The minimum absolute atomic E-state index is 0.802. The fourth-order valence-corrected chi connectivity index (χ4v) is 2.39. The van der Waals surface area contributed by atoms with E-state index in [0.717, 1.165) is 17.9 Å². The third kappa shape index (κ3) is 2.65. The van der Waals surface area contributed by atoms with Gasteiger partial charge in [-0.3, -0.25) is 0 Å². The van der Waals surface area contributed by atoms with Crippen LogP contribution in [-0.4, -0.2) is 7.11 Å². The zero-order valence-electron chi connectivity index (χ0n) is 11.2. The molecule has 0 aliphatic heterocycles. The van der Waals surface area contributed by atoms with Crippen LogP contribution in [0.1, 0.15) is 22.3 Å². The lowest BCUT2D eigenvalue weighted by Crippen LogP contribution is -1.98. The number of benzene rings is 2. The zero-order valence-corrected chi connectivity index (χ0v) is 11.2. The van der Waals surface area contributed by atoms with E-state index in [1.807, 2.05) is 18.2 Å². The molecule has 2 nitrogen and oxygen atoms in total. The maximum Gasteiger partial charge on any atom is 0.125 e. The Morgan fingerprint density at radius 2 is 1.89 bits per heavy atom. The molecule has 2 aromatic carbocycles. The quantitative estimate of drug-likeness (QED) is 0.835. The fraction of sp³-hybridized carbons (Fsp3) is 0.250. The van der Waals surface area contributed by atoms with Gasteiger partial charge in [-0.05, 0) is 42.7 Å². The smallest absolute Gasteiger partial charge is 0.125 e. The molecule has 0 saturated carbocycles. The van der Waals surface area contributed by atoms with Gasteiger partial charge in [-0.25, -0.2) is 0 Å². The molecule has 0 atom stereocenters. The van der Waals surface area contributed by atoms with Gasteiger partial charge < -0.3 is 10.5 Å². The lowest BCUT2D eigenvalue weighted by molar-refractivity contribution is 0.407. The summed E-state index contributed by atoms with van der Waals surface area (Å²) in [6, 6.07) is 12.3. The second-order valence-corrected chi connectivity index (χ2v) is 4.70. The molecule has 0 saturated heterocycles. The molecule has 2 rings (SSSR count). The van der Waals surface area contributed by atoms with E-state index in [-0.39, 0.29) is 0 Å². The van der Waals surface area contributed by atoms with Crippen molar-refractivity contribution in [3.8, 4) is 5.75 Å². The van der Waals surface area contributed by atoms with Crippen molar-refractivity contribution >= 4 is 5.69 Å². The monoisotopic (exact) mass is 241 g/mol. The molecule has 0 radical (unpaired) electrons. The van der Waals surface area contributed by atoms with E-state index in [9.17, 15) is 0 Å². The topological polar surface area (TPSA) is 35.2 Å². The van der Waals surface area contributed by atoms with Crippen molar-refractivity contribution in [1.29, 1.82) is 0 Å². The molecule has 0 bridgehead atoms. The van der Waals surface area contributed by atoms with Gasteiger partial charge in [-0.15, -0.1) is 0 Å². The molecular weight excluding hydrogens is 222 g/mol. The molecule has 2 aromatic rings. The summed E-state index contributed by atoms with van der Waals surface area (Å²) >= 11 is 0. The summed E-state index contributed by atoms with van der Waals surface area (Å²) in [4.78, 5) is 0. The first-order chi connectivity index (χ1) is 8.60. The number of rotatable bonds is 3. The summed E-state index contributed by atoms with van der Waals surface area (Å²) in [5.74, 6) is 0.975. The Hall–Kier alpha value is -1.96. The third-order valence-corrected chi connectivity index (χ3v) is 3.05. The first-order valence-corrected chi connectivity index (χ1v) is 6.08. The molecule has 2 N–H and O–H groups in total. The van der Waals surface area contributed by atoms with Crippen LogP contribution in [0.15, 0.2) is 36.4 Å². The van der Waals surface area contributed by atoms with Gasteiger partial charge in [0.25, 0.3) is 0 Å². The number of ether oxygens (including phenoxy) is 1. The van der Waals surface area contributed by atoms with Crippen LogP contribution in [0.2, 0.25) is 0 Å². The molecular formula is C16H19NO. The third-order valence-electron chi connectivity index (χ3n) is 3.05. The standard InChI is InChI=1S/C16H19NO/c1-11-7-12(2)16(18-3)14(8-11)9-13-5-4-6-15(17)10-13/h4-8,10H,9,17H2,1-3H3. The molecule has 0 spiro atoms. The van der Waals surface area contributed by atoms with E-state index in [0.29, 0.717) is 0 Å². The number of hydrogen-bond donors (Lipinski definition) is 1. The van der Waals surface area contributed by atoms with E-state index in [1.54, 1.807) is 7.11 Å². The van der Waals surface area contributed by atoms with Gasteiger partial charge in [-0.1, -0.05) is 29.8 Å². The van der Waals surface area contributed by atoms with Crippen LogP contribution in [0, 0.1) is 13.8 Å². The van der Waals surface area contributed by atoms with Gasteiger partial charge in [0, 0.05) is 12.1 Å². The van der Waals surface area contributed by atoms with E-state index in [4.69, 9.17) is 10.5 Å². The Labute approximate surface area is 108 Å². The van der Waals surface area contributed by atoms with Crippen LogP contribution in [-0.2, 0) is 6.42 Å². The van der Waals surface area contributed by atoms with E-state index in [1.165, 1.54) is 22.3 Å². The summed E-state index contributed by atoms with van der Waals surface area (Å²) in [7, 11) is 1.72. The molecule has 0 aliphatic rings. The second kappa shape index (κ2) is 5.13. The zero-order chi connectivity index (χ0) is 13.1.